The fourth-order valence-corrected chi connectivity index (χ4v) is 9.52. The molecule has 326 valence electrons. The number of furan rings is 1. The van der Waals surface area contributed by atoms with Crippen molar-refractivity contribution in [3.05, 3.63) is 92.1 Å². The van der Waals surface area contributed by atoms with Crippen LogP contribution in [0.3, 0.4) is 0 Å². The Morgan fingerprint density at radius 2 is 1.69 bits per heavy atom. The van der Waals surface area contributed by atoms with Crippen LogP contribution >= 0.6 is 0 Å². The van der Waals surface area contributed by atoms with E-state index in [1.807, 2.05) is 0 Å². The first kappa shape index (κ1) is 43.9. The lowest BCUT2D eigenvalue weighted by molar-refractivity contribution is -0.213. The maximum absolute atomic E-state index is 15.1. The summed E-state index contributed by atoms with van der Waals surface area (Å²) in [4.78, 5) is 61.5. The maximum atomic E-state index is 15.1. The summed E-state index contributed by atoms with van der Waals surface area (Å²) in [6.45, 7) is 4.64. The summed E-state index contributed by atoms with van der Waals surface area (Å²) in [5.41, 5.74) is -12.4. The third kappa shape index (κ3) is 6.31. The minimum Gasteiger partial charge on any atom is -0.507 e. The number of nitrogens with zero attached hydrogens (tertiary/aromatic N) is 1. The Balaban J connectivity index is 1.45. The second-order valence-corrected chi connectivity index (χ2v) is 15.9. The number of rotatable bonds is 10. The Morgan fingerprint density at radius 3 is 2.31 bits per heavy atom. The summed E-state index contributed by atoms with van der Waals surface area (Å²) in [6, 6.07) is 3.81. The molecule has 0 spiro atoms. The van der Waals surface area contributed by atoms with Gasteiger partial charge >= 0.3 is 5.97 Å². The number of hydrogen-bond donors (Lipinski definition) is 7. The highest BCUT2D eigenvalue weighted by Crippen LogP contribution is 2.57. The molecule has 10 atom stereocenters. The maximum Gasteiger partial charge on any atom is 0.341 e. The van der Waals surface area contributed by atoms with Crippen LogP contribution in [0.25, 0.3) is 0 Å². The van der Waals surface area contributed by atoms with E-state index in [4.69, 9.17) is 28.1 Å². The number of fused-ring (bicyclic) bond motifs is 5. The van der Waals surface area contributed by atoms with E-state index in [2.05, 4.69) is 4.99 Å². The van der Waals surface area contributed by atoms with Crippen molar-refractivity contribution in [1.82, 2.24) is 0 Å². The van der Waals surface area contributed by atoms with Crippen molar-refractivity contribution in [3.63, 3.8) is 0 Å². The quantitative estimate of drug-likeness (QED) is 0.111. The number of benzene rings is 2. The number of aromatic hydroxyl groups is 2. The molecule has 1 fully saturated rings. The molecule has 7 N–H and O–H groups in total. The van der Waals surface area contributed by atoms with Gasteiger partial charge in [-0.1, -0.05) is 6.07 Å². The normalized spacial score (nSPS) is 31.3. The molecule has 3 aromatic rings. The predicted octanol–water partition coefficient (Wildman–Crippen LogP) is 1.04. The Morgan fingerprint density at radius 1 is 1.00 bits per heavy atom. The molecule has 5 unspecified atom stereocenters. The minimum atomic E-state index is -3.29. The number of aliphatic hydroxyl groups excluding tert-OH is 3. The van der Waals surface area contributed by atoms with Crippen molar-refractivity contribution < 1.29 is 83.0 Å². The van der Waals surface area contributed by atoms with Crippen LogP contribution in [0.15, 0.2) is 45.6 Å². The molecule has 4 aliphatic rings. The fraction of sp³-hybridized carbons (Fsp3) is 0.465. The number of phenols is 2. The first-order valence-electron chi connectivity index (χ1n) is 19.3. The van der Waals surface area contributed by atoms with E-state index in [9.17, 15) is 50.1 Å². The third-order valence-corrected chi connectivity index (χ3v) is 12.3. The van der Waals surface area contributed by atoms with E-state index in [0.29, 0.717) is 11.3 Å². The van der Waals surface area contributed by atoms with Gasteiger partial charge in [-0.3, -0.25) is 19.4 Å². The number of aliphatic imine (C=N–C) groups is 1. The van der Waals surface area contributed by atoms with Crippen LogP contribution in [0, 0.1) is 6.92 Å². The largest absolute Gasteiger partial charge is 0.507 e. The molecule has 18 heteroatoms. The van der Waals surface area contributed by atoms with Gasteiger partial charge in [-0.05, 0) is 49.6 Å². The summed E-state index contributed by atoms with van der Waals surface area (Å²) in [7, 11) is 4.69. The van der Waals surface area contributed by atoms with Gasteiger partial charge in [-0.15, -0.1) is 0 Å². The van der Waals surface area contributed by atoms with E-state index < -0.39 is 141 Å². The predicted molar refractivity (Wildman–Crippen MR) is 209 cm³/mol. The molecule has 1 aromatic heterocycles. The monoisotopic (exact) mass is 849 g/mol. The molecule has 3 aliphatic carbocycles. The number of ketones is 3. The van der Waals surface area contributed by atoms with Crippen LogP contribution in [0.5, 0.6) is 11.5 Å². The van der Waals surface area contributed by atoms with E-state index in [0.717, 1.165) is 26.4 Å². The smallest absolute Gasteiger partial charge is 0.341 e. The number of carbonyl (C=O) groups is 4. The first-order valence-corrected chi connectivity index (χ1v) is 19.3. The number of ether oxygens (including phenoxy) is 5. The standard InChI is InChI=1S/C43H47NO17/c1-17-8-21-11-28(47)43(59-7)39(52)30-23(38(51)42(43,55)32(21)34(49)29(17)40(53)58-6)12-24-31(33(30)48)25(46)13-27(41(24,54)14-20-10-22(60-16-20)9-18(2)45)44-15-26-37(57-5)35(50)36(56-4)19(3)61-26/h8,10,12-13,15-16,18-19,26,28,35-37,45,47-50,54-55H,9,11,14H2,1-7H3/t18?,19-,26?,28+,35+,36-,37-,41?,42?,43?/m0/s1. The van der Waals surface area contributed by atoms with Crippen LogP contribution in [0.1, 0.15) is 88.9 Å². The molecule has 18 nitrogen and oxygen atoms in total. The van der Waals surface area contributed by atoms with Gasteiger partial charge in [0.15, 0.2) is 17.0 Å². The number of Topliss-reactive ketones (excluding diaryl/α,β-unsaturated/α-hetero) is 2. The summed E-state index contributed by atoms with van der Waals surface area (Å²) in [5, 5.41) is 82.1. The lowest BCUT2D eigenvalue weighted by Gasteiger charge is -2.53. The van der Waals surface area contributed by atoms with Gasteiger partial charge in [-0.2, -0.15) is 0 Å². The van der Waals surface area contributed by atoms with Crippen molar-refractivity contribution in [2.75, 3.05) is 28.4 Å². The Hall–Kier alpha value is -5.15. The SMILES string of the molecule is COC(=O)c1c(C)cc2c(c1O)C1(O)C(=O)c3cc4c(c(O)c3C(=O)C1(OC)[C@H](O)C2)C(=O)C=C(N=CC1O[C@@H](C)[C@H](OC)[C@@H](O)[C@H]1OC)C4(O)Cc1coc(CC(C)O)c1. The zero-order valence-corrected chi connectivity index (χ0v) is 34.3. The number of esters is 1. The van der Waals surface area contributed by atoms with Crippen molar-refractivity contribution in [2.45, 2.75) is 99.6 Å². The minimum absolute atomic E-state index is 0.0214. The molecule has 7 rings (SSSR count). The number of aryl methyl sites for hydroxylation is 1. The molecule has 61 heavy (non-hydrogen) atoms. The summed E-state index contributed by atoms with van der Waals surface area (Å²) in [5.74, 6) is -6.49. The van der Waals surface area contributed by atoms with Gasteiger partial charge in [0.2, 0.25) is 11.6 Å². The molecule has 0 amide bonds. The molecule has 1 aliphatic heterocycles. The first-order chi connectivity index (χ1) is 28.8. The van der Waals surface area contributed by atoms with Gasteiger partial charge in [0, 0.05) is 69.6 Å². The van der Waals surface area contributed by atoms with Crippen molar-refractivity contribution >= 4 is 29.5 Å². The molecule has 2 aromatic carbocycles. The fourth-order valence-electron chi connectivity index (χ4n) is 9.52. The van der Waals surface area contributed by atoms with Crippen molar-refractivity contribution in [3.8, 4) is 11.5 Å². The van der Waals surface area contributed by atoms with Crippen LogP contribution in [-0.4, -0.2) is 142 Å². The van der Waals surface area contributed by atoms with Crippen LogP contribution in [0.2, 0.25) is 0 Å². The molecular weight excluding hydrogens is 802 g/mol. The lowest BCUT2D eigenvalue weighted by Crippen LogP contribution is -2.73. The number of aliphatic hydroxyl groups is 5. The number of hydrogen-bond acceptors (Lipinski definition) is 18. The zero-order valence-electron chi connectivity index (χ0n) is 34.3. The van der Waals surface area contributed by atoms with E-state index in [1.54, 1.807) is 13.8 Å². The van der Waals surface area contributed by atoms with Crippen molar-refractivity contribution in [1.29, 1.82) is 0 Å². The summed E-state index contributed by atoms with van der Waals surface area (Å²) < 4.78 is 33.0. The Labute approximate surface area is 348 Å². The average Bonchev–Trinajstić information content (AvgIpc) is 3.62. The van der Waals surface area contributed by atoms with E-state index in [1.165, 1.54) is 45.8 Å². The summed E-state index contributed by atoms with van der Waals surface area (Å²) >= 11 is 0. The zero-order chi connectivity index (χ0) is 44.7. The van der Waals surface area contributed by atoms with Crippen molar-refractivity contribution in [2.24, 2.45) is 4.99 Å². The highest BCUT2D eigenvalue weighted by atomic mass is 16.6. The number of carbonyl (C=O) groups excluding carboxylic acids is 4. The number of phenolic OH excluding ortho intramolecular Hbond substituents is 2. The third-order valence-electron chi connectivity index (χ3n) is 12.3. The molecule has 0 radical (unpaired) electrons. The van der Waals surface area contributed by atoms with Gasteiger partial charge in [0.25, 0.3) is 0 Å². The highest BCUT2D eigenvalue weighted by molar-refractivity contribution is 6.26. The lowest BCUT2D eigenvalue weighted by atomic mass is 9.56. The molecule has 0 saturated carbocycles. The van der Waals surface area contributed by atoms with Gasteiger partial charge < -0.3 is 63.8 Å². The topological polar surface area (TPSA) is 282 Å². The van der Waals surface area contributed by atoms with Crippen LogP contribution in [0.4, 0.5) is 0 Å². The van der Waals surface area contributed by atoms with Crippen LogP contribution < -0.4 is 0 Å². The number of allylic oxidation sites excluding steroid dienone is 1. The second-order valence-electron chi connectivity index (χ2n) is 15.9. The number of methoxy groups -OCH3 is 4. The Kier molecular flexibility index (Phi) is 11.3. The summed E-state index contributed by atoms with van der Waals surface area (Å²) in [6.07, 6.45) is -4.99. The second kappa shape index (κ2) is 15.6. The van der Waals surface area contributed by atoms with Gasteiger partial charge in [0.05, 0.1) is 48.5 Å². The molecule has 1 saturated heterocycles. The van der Waals surface area contributed by atoms with E-state index in [-0.39, 0.29) is 23.2 Å². The van der Waals surface area contributed by atoms with Gasteiger partial charge in [0.1, 0.15) is 52.8 Å². The highest BCUT2D eigenvalue weighted by Gasteiger charge is 2.73. The van der Waals surface area contributed by atoms with Crippen LogP contribution in [-0.2, 0) is 54.1 Å². The molecule has 2 heterocycles. The van der Waals surface area contributed by atoms with E-state index >= 15 is 4.79 Å². The Bertz CT molecular complexity index is 2400. The molecule has 0 bridgehead atoms. The van der Waals surface area contributed by atoms with Gasteiger partial charge in [-0.25, -0.2) is 4.79 Å². The average molecular weight is 850 g/mol. The molecular formula is C43H47NO17.